The fourth-order valence-corrected chi connectivity index (χ4v) is 3.76. The molecule has 1 nitrogen and oxygen atoms in total. The molecule has 1 aliphatic rings. The van der Waals surface area contributed by atoms with Crippen LogP contribution in [-0.2, 0) is 0 Å². The van der Waals surface area contributed by atoms with Crippen molar-refractivity contribution >= 4 is 0 Å². The second-order valence-electron chi connectivity index (χ2n) is 6.71. The molecule has 0 saturated heterocycles. The normalized spacial score (nSPS) is 27.9. The summed E-state index contributed by atoms with van der Waals surface area (Å²) in [5.74, 6) is 0. The van der Waals surface area contributed by atoms with Crippen molar-refractivity contribution < 1.29 is 18.1 Å². The Bertz CT molecular complexity index is 180. The highest BCUT2D eigenvalue weighted by Crippen LogP contribution is 2.49. The number of hydrogen-bond donors (Lipinski definition) is 1. The van der Waals surface area contributed by atoms with Crippen molar-refractivity contribution in [2.45, 2.75) is 65.8 Å². The van der Waals surface area contributed by atoms with Crippen LogP contribution in [0.5, 0.6) is 0 Å². The molecule has 86 valence electrons. The van der Waals surface area contributed by atoms with Crippen LogP contribution in [-0.4, -0.2) is 5.54 Å². The first kappa shape index (κ1) is 14.2. The zero-order valence-electron chi connectivity index (χ0n) is 10.4. The average Bonchev–Trinajstić information content (AvgIpc) is 1.79. The van der Waals surface area contributed by atoms with Crippen LogP contribution in [0.2, 0.25) is 0 Å². The minimum atomic E-state index is 0. The lowest BCUT2D eigenvalue weighted by Gasteiger charge is -2.48. The van der Waals surface area contributed by atoms with Crippen molar-refractivity contribution in [1.29, 1.82) is 0 Å². The number of quaternary nitrogens is 1. The van der Waals surface area contributed by atoms with Crippen LogP contribution in [0.4, 0.5) is 0 Å². The van der Waals surface area contributed by atoms with E-state index in [4.69, 9.17) is 0 Å². The van der Waals surface area contributed by atoms with Crippen molar-refractivity contribution in [3.05, 3.63) is 0 Å². The number of halogens is 1. The third-order valence-electron chi connectivity index (χ3n) is 3.41. The van der Waals surface area contributed by atoms with Gasteiger partial charge in [-0.3, -0.25) is 0 Å². The molecule has 1 aliphatic carbocycles. The largest absolute Gasteiger partial charge is 1.00 e. The molecule has 0 aromatic carbocycles. The topological polar surface area (TPSA) is 27.6 Å². The Labute approximate surface area is 95.2 Å². The fourth-order valence-electron chi connectivity index (χ4n) is 3.76. The zero-order chi connectivity index (χ0) is 10.3. The van der Waals surface area contributed by atoms with E-state index in [1.807, 2.05) is 0 Å². The van der Waals surface area contributed by atoms with Gasteiger partial charge in [0.15, 0.2) is 0 Å². The van der Waals surface area contributed by atoms with Crippen molar-refractivity contribution in [3.63, 3.8) is 0 Å². The van der Waals surface area contributed by atoms with Crippen LogP contribution in [0.25, 0.3) is 0 Å². The Morgan fingerprint density at radius 1 is 0.929 bits per heavy atom. The maximum atomic E-state index is 4.44. The second kappa shape index (κ2) is 4.02. The zero-order valence-corrected chi connectivity index (χ0v) is 11.2. The third-order valence-corrected chi connectivity index (χ3v) is 3.41. The van der Waals surface area contributed by atoms with E-state index in [9.17, 15) is 0 Å². The minimum Gasteiger partial charge on any atom is -1.00 e. The van der Waals surface area contributed by atoms with Gasteiger partial charge in [0, 0.05) is 12.8 Å². The van der Waals surface area contributed by atoms with Crippen molar-refractivity contribution in [2.24, 2.45) is 10.8 Å². The highest BCUT2D eigenvalue weighted by Gasteiger charge is 2.46. The lowest BCUT2D eigenvalue weighted by atomic mass is 9.58. The van der Waals surface area contributed by atoms with Crippen molar-refractivity contribution in [2.75, 3.05) is 0 Å². The van der Waals surface area contributed by atoms with Crippen LogP contribution in [0.1, 0.15) is 60.3 Å². The molecule has 1 rings (SSSR count). The molecule has 3 N–H and O–H groups in total. The van der Waals surface area contributed by atoms with E-state index < -0.39 is 0 Å². The molecular weight excluding hydrogens is 194 g/mol. The smallest absolute Gasteiger partial charge is 0.0953 e. The molecular formula is C12H26ClN. The Balaban J connectivity index is 0.00000169. The monoisotopic (exact) mass is 219 g/mol. The molecule has 1 saturated carbocycles. The highest BCUT2D eigenvalue weighted by atomic mass is 35.5. The van der Waals surface area contributed by atoms with E-state index in [0.717, 1.165) is 0 Å². The van der Waals surface area contributed by atoms with Crippen LogP contribution in [0.3, 0.4) is 0 Å². The van der Waals surface area contributed by atoms with E-state index in [-0.39, 0.29) is 12.4 Å². The van der Waals surface area contributed by atoms with E-state index >= 15 is 0 Å². The summed E-state index contributed by atoms with van der Waals surface area (Å²) in [5.41, 5.74) is 5.75. The highest BCUT2D eigenvalue weighted by molar-refractivity contribution is 4.96. The molecule has 0 bridgehead atoms. The summed E-state index contributed by atoms with van der Waals surface area (Å²) in [7, 11) is 0. The lowest BCUT2D eigenvalue weighted by molar-refractivity contribution is -0.496. The summed E-state index contributed by atoms with van der Waals surface area (Å²) < 4.78 is 0. The van der Waals surface area contributed by atoms with Gasteiger partial charge in [0.25, 0.3) is 0 Å². The van der Waals surface area contributed by atoms with Gasteiger partial charge in [0.1, 0.15) is 0 Å². The Hall–Kier alpha value is 0.250. The first-order valence-electron chi connectivity index (χ1n) is 5.54. The predicted molar refractivity (Wildman–Crippen MR) is 57.3 cm³/mol. The van der Waals surface area contributed by atoms with Crippen molar-refractivity contribution in [1.82, 2.24) is 0 Å². The second-order valence-corrected chi connectivity index (χ2v) is 6.71. The van der Waals surface area contributed by atoms with Gasteiger partial charge in [-0.25, -0.2) is 0 Å². The molecule has 0 atom stereocenters. The van der Waals surface area contributed by atoms with Gasteiger partial charge in [-0.2, -0.15) is 0 Å². The molecule has 0 aromatic rings. The maximum absolute atomic E-state index is 4.44. The molecule has 0 heterocycles. The van der Waals surface area contributed by atoms with Gasteiger partial charge >= 0.3 is 0 Å². The van der Waals surface area contributed by atoms with Gasteiger partial charge in [0.2, 0.25) is 0 Å². The maximum Gasteiger partial charge on any atom is 0.0953 e. The van der Waals surface area contributed by atoms with Gasteiger partial charge in [-0.1, -0.05) is 34.6 Å². The molecule has 0 aromatic heterocycles. The van der Waals surface area contributed by atoms with E-state index in [0.29, 0.717) is 16.4 Å². The SMILES string of the molecule is CCC1([NH3+])CC(C)(C)CC(C)(C)C1.[Cl-]. The number of rotatable bonds is 1. The van der Waals surface area contributed by atoms with Crippen LogP contribution in [0, 0.1) is 10.8 Å². The molecule has 0 spiro atoms. The average molecular weight is 220 g/mol. The third kappa shape index (κ3) is 3.43. The molecule has 14 heavy (non-hydrogen) atoms. The lowest BCUT2D eigenvalue weighted by Crippen LogP contribution is -3.00. The molecule has 0 aliphatic heterocycles. The summed E-state index contributed by atoms with van der Waals surface area (Å²) in [5, 5.41) is 0. The molecule has 0 radical (unpaired) electrons. The van der Waals surface area contributed by atoms with E-state index in [2.05, 4.69) is 40.4 Å². The predicted octanol–water partition coefficient (Wildman–Crippen LogP) is -0.383. The summed E-state index contributed by atoms with van der Waals surface area (Å²) in [4.78, 5) is 0. The standard InChI is InChI=1S/C12H25N.ClH/c1-6-12(13)8-10(2,3)7-11(4,5)9-12;/h6-9,13H2,1-5H3;1H. The first-order chi connectivity index (χ1) is 5.68. The summed E-state index contributed by atoms with van der Waals surface area (Å²) in [6, 6.07) is 0. The molecule has 2 heteroatoms. The summed E-state index contributed by atoms with van der Waals surface area (Å²) in [6.45, 7) is 11.9. The Morgan fingerprint density at radius 2 is 1.29 bits per heavy atom. The fraction of sp³-hybridized carbons (Fsp3) is 1.00. The van der Waals surface area contributed by atoms with Gasteiger partial charge < -0.3 is 18.1 Å². The van der Waals surface area contributed by atoms with Gasteiger partial charge in [-0.15, -0.1) is 0 Å². The minimum absolute atomic E-state index is 0. The summed E-state index contributed by atoms with van der Waals surface area (Å²) >= 11 is 0. The Morgan fingerprint density at radius 3 is 1.57 bits per heavy atom. The summed E-state index contributed by atoms with van der Waals surface area (Å²) in [6.07, 6.45) is 5.15. The first-order valence-corrected chi connectivity index (χ1v) is 5.54. The number of hydrogen-bond acceptors (Lipinski definition) is 0. The van der Waals surface area contributed by atoms with Gasteiger partial charge in [0.05, 0.1) is 5.54 Å². The molecule has 1 fully saturated rings. The van der Waals surface area contributed by atoms with Crippen LogP contribution in [0.15, 0.2) is 0 Å². The van der Waals surface area contributed by atoms with Crippen LogP contribution < -0.4 is 18.1 Å². The quantitative estimate of drug-likeness (QED) is 0.623. The Kier molecular flexibility index (Phi) is 4.09. The van der Waals surface area contributed by atoms with E-state index in [1.165, 1.54) is 25.7 Å². The van der Waals surface area contributed by atoms with E-state index in [1.54, 1.807) is 0 Å². The molecule has 0 unspecified atom stereocenters. The van der Waals surface area contributed by atoms with Crippen molar-refractivity contribution in [3.8, 4) is 0 Å². The molecule has 0 amide bonds. The van der Waals surface area contributed by atoms with Crippen LogP contribution >= 0.6 is 0 Å². The van der Waals surface area contributed by atoms with Gasteiger partial charge in [-0.05, 0) is 23.7 Å².